The summed E-state index contributed by atoms with van der Waals surface area (Å²) in [6.45, 7) is 9.32. The van der Waals surface area contributed by atoms with Crippen LogP contribution in [0.25, 0.3) is 0 Å². The topological polar surface area (TPSA) is 52.7 Å². The molecule has 1 N–H and O–H groups in total. The molecule has 0 unspecified atom stereocenters. The van der Waals surface area contributed by atoms with E-state index in [0.29, 0.717) is 39.1 Å². The molecule has 23 heavy (non-hydrogen) atoms. The van der Waals surface area contributed by atoms with E-state index < -0.39 is 0 Å². The second-order valence-electron chi connectivity index (χ2n) is 7.25. The van der Waals surface area contributed by atoms with E-state index >= 15 is 0 Å². The highest BCUT2D eigenvalue weighted by Gasteiger charge is 2.24. The fourth-order valence-electron chi connectivity index (χ4n) is 2.49. The minimum atomic E-state index is -0.0323. The summed E-state index contributed by atoms with van der Waals surface area (Å²) in [6.07, 6.45) is 0.428. The average Bonchev–Trinajstić information content (AvgIpc) is 2.53. The standard InChI is InChI=1S/C18H27N3O2/c1-18(2,3)14-19-17(23)21-11-9-20(10-12-21)16(22)13-15-7-5-4-6-8-15/h4-8H,9-14H2,1-3H3,(H,19,23). The Kier molecular flexibility index (Phi) is 5.64. The molecule has 0 aliphatic carbocycles. The van der Waals surface area contributed by atoms with Gasteiger partial charge in [-0.25, -0.2) is 4.79 Å². The molecular weight excluding hydrogens is 290 g/mol. The van der Waals surface area contributed by atoms with Crippen LogP contribution in [0.5, 0.6) is 0 Å². The third kappa shape index (κ3) is 5.58. The Bertz CT molecular complexity index is 529. The molecular formula is C18H27N3O2. The van der Waals surface area contributed by atoms with Gasteiger partial charge in [0.25, 0.3) is 0 Å². The van der Waals surface area contributed by atoms with Crippen LogP contribution >= 0.6 is 0 Å². The van der Waals surface area contributed by atoms with E-state index in [4.69, 9.17) is 0 Å². The van der Waals surface area contributed by atoms with Gasteiger partial charge in [-0.05, 0) is 11.0 Å². The summed E-state index contributed by atoms with van der Waals surface area (Å²) in [4.78, 5) is 28.1. The highest BCUT2D eigenvalue weighted by atomic mass is 16.2. The maximum absolute atomic E-state index is 12.3. The predicted molar refractivity (Wildman–Crippen MR) is 91.2 cm³/mol. The van der Waals surface area contributed by atoms with Gasteiger partial charge in [-0.1, -0.05) is 51.1 Å². The normalized spacial score (nSPS) is 15.4. The van der Waals surface area contributed by atoms with E-state index in [9.17, 15) is 9.59 Å². The lowest BCUT2D eigenvalue weighted by Gasteiger charge is -2.35. The minimum Gasteiger partial charge on any atom is -0.339 e. The van der Waals surface area contributed by atoms with Gasteiger partial charge in [0, 0.05) is 32.7 Å². The number of amides is 3. The number of nitrogens with zero attached hydrogens (tertiary/aromatic N) is 2. The first-order valence-corrected chi connectivity index (χ1v) is 8.20. The van der Waals surface area contributed by atoms with Crippen molar-refractivity contribution in [2.75, 3.05) is 32.7 Å². The number of hydrogen-bond donors (Lipinski definition) is 1. The van der Waals surface area contributed by atoms with Gasteiger partial charge in [-0.3, -0.25) is 4.79 Å². The number of piperazine rings is 1. The molecule has 1 saturated heterocycles. The van der Waals surface area contributed by atoms with E-state index in [1.54, 1.807) is 4.90 Å². The zero-order valence-electron chi connectivity index (χ0n) is 14.3. The zero-order chi connectivity index (χ0) is 16.9. The number of benzene rings is 1. The van der Waals surface area contributed by atoms with Crippen molar-refractivity contribution in [2.24, 2.45) is 5.41 Å². The van der Waals surface area contributed by atoms with Crippen LogP contribution in [-0.4, -0.2) is 54.5 Å². The summed E-state index contributed by atoms with van der Waals surface area (Å²) >= 11 is 0. The van der Waals surface area contributed by atoms with E-state index in [2.05, 4.69) is 26.1 Å². The van der Waals surface area contributed by atoms with Gasteiger partial charge in [0.15, 0.2) is 0 Å². The van der Waals surface area contributed by atoms with Crippen LogP contribution in [0.15, 0.2) is 30.3 Å². The highest BCUT2D eigenvalue weighted by Crippen LogP contribution is 2.11. The zero-order valence-corrected chi connectivity index (χ0v) is 14.3. The molecule has 1 aliphatic rings. The summed E-state index contributed by atoms with van der Waals surface area (Å²) in [6, 6.07) is 9.74. The van der Waals surface area contributed by atoms with Crippen molar-refractivity contribution in [3.8, 4) is 0 Å². The van der Waals surface area contributed by atoms with Crippen molar-refractivity contribution in [3.05, 3.63) is 35.9 Å². The lowest BCUT2D eigenvalue weighted by Crippen LogP contribution is -2.54. The number of carbonyl (C=O) groups excluding carboxylic acids is 2. The van der Waals surface area contributed by atoms with Gasteiger partial charge in [0.05, 0.1) is 6.42 Å². The van der Waals surface area contributed by atoms with Crippen molar-refractivity contribution in [2.45, 2.75) is 27.2 Å². The molecule has 0 spiro atoms. The smallest absolute Gasteiger partial charge is 0.317 e. The van der Waals surface area contributed by atoms with Crippen molar-refractivity contribution < 1.29 is 9.59 Å². The lowest BCUT2D eigenvalue weighted by atomic mass is 9.97. The van der Waals surface area contributed by atoms with Gasteiger partial charge in [-0.2, -0.15) is 0 Å². The molecule has 0 aromatic heterocycles. The Balaban J connectivity index is 1.77. The number of rotatable bonds is 3. The fourth-order valence-corrected chi connectivity index (χ4v) is 2.49. The fraction of sp³-hybridized carbons (Fsp3) is 0.556. The van der Waals surface area contributed by atoms with E-state index in [0.717, 1.165) is 5.56 Å². The maximum atomic E-state index is 12.3. The molecule has 5 nitrogen and oxygen atoms in total. The summed E-state index contributed by atoms with van der Waals surface area (Å²) in [5.41, 5.74) is 1.10. The first kappa shape index (κ1) is 17.3. The molecule has 1 fully saturated rings. The summed E-state index contributed by atoms with van der Waals surface area (Å²) in [7, 11) is 0. The largest absolute Gasteiger partial charge is 0.339 e. The Morgan fingerprint density at radius 2 is 1.57 bits per heavy atom. The van der Waals surface area contributed by atoms with Gasteiger partial charge in [-0.15, -0.1) is 0 Å². The molecule has 2 rings (SSSR count). The van der Waals surface area contributed by atoms with Gasteiger partial charge in [0.2, 0.25) is 5.91 Å². The summed E-state index contributed by atoms with van der Waals surface area (Å²) < 4.78 is 0. The van der Waals surface area contributed by atoms with Crippen LogP contribution in [0, 0.1) is 5.41 Å². The summed E-state index contributed by atoms with van der Waals surface area (Å²) in [5, 5.41) is 2.96. The van der Waals surface area contributed by atoms with Crippen LogP contribution in [0.1, 0.15) is 26.3 Å². The van der Waals surface area contributed by atoms with Crippen molar-refractivity contribution >= 4 is 11.9 Å². The molecule has 0 saturated carbocycles. The molecule has 1 aromatic rings. The molecule has 5 heteroatoms. The third-order valence-electron chi connectivity index (χ3n) is 3.89. The number of nitrogens with one attached hydrogen (secondary N) is 1. The van der Waals surface area contributed by atoms with E-state index in [1.807, 2.05) is 35.2 Å². The van der Waals surface area contributed by atoms with Gasteiger partial charge in [0.1, 0.15) is 0 Å². The first-order chi connectivity index (χ1) is 10.8. The number of urea groups is 1. The minimum absolute atomic E-state index is 0.0323. The Labute approximate surface area is 138 Å². The predicted octanol–water partition coefficient (Wildman–Crippen LogP) is 2.13. The van der Waals surface area contributed by atoms with E-state index in [1.165, 1.54) is 0 Å². The Morgan fingerprint density at radius 1 is 1.00 bits per heavy atom. The molecule has 1 aromatic carbocycles. The van der Waals surface area contributed by atoms with Crippen molar-refractivity contribution in [1.82, 2.24) is 15.1 Å². The van der Waals surface area contributed by atoms with Crippen molar-refractivity contribution in [1.29, 1.82) is 0 Å². The molecule has 0 atom stereocenters. The van der Waals surface area contributed by atoms with Crippen LogP contribution < -0.4 is 5.32 Å². The SMILES string of the molecule is CC(C)(C)CNC(=O)N1CCN(C(=O)Cc2ccccc2)CC1. The Hall–Kier alpha value is -2.04. The molecule has 1 aliphatic heterocycles. The number of carbonyl (C=O) groups is 2. The third-order valence-corrected chi connectivity index (χ3v) is 3.89. The molecule has 0 radical (unpaired) electrons. The van der Waals surface area contributed by atoms with E-state index in [-0.39, 0.29) is 17.4 Å². The van der Waals surface area contributed by atoms with Crippen LogP contribution in [0.2, 0.25) is 0 Å². The van der Waals surface area contributed by atoms with Crippen LogP contribution in [-0.2, 0) is 11.2 Å². The second-order valence-corrected chi connectivity index (χ2v) is 7.25. The quantitative estimate of drug-likeness (QED) is 0.928. The average molecular weight is 317 g/mol. The highest BCUT2D eigenvalue weighted by molar-refractivity contribution is 5.79. The van der Waals surface area contributed by atoms with Gasteiger partial charge >= 0.3 is 6.03 Å². The Morgan fingerprint density at radius 3 is 2.13 bits per heavy atom. The van der Waals surface area contributed by atoms with Gasteiger partial charge < -0.3 is 15.1 Å². The molecule has 0 bridgehead atoms. The monoisotopic (exact) mass is 317 g/mol. The second kappa shape index (κ2) is 7.49. The maximum Gasteiger partial charge on any atom is 0.317 e. The number of hydrogen-bond acceptors (Lipinski definition) is 2. The molecule has 126 valence electrons. The van der Waals surface area contributed by atoms with Crippen molar-refractivity contribution in [3.63, 3.8) is 0 Å². The summed E-state index contributed by atoms with van der Waals surface area (Å²) in [5.74, 6) is 0.131. The molecule has 1 heterocycles. The lowest BCUT2D eigenvalue weighted by molar-refractivity contribution is -0.131. The first-order valence-electron chi connectivity index (χ1n) is 8.20. The molecule has 3 amide bonds. The van der Waals surface area contributed by atoms with Crippen LogP contribution in [0.4, 0.5) is 4.79 Å². The van der Waals surface area contributed by atoms with Crippen LogP contribution in [0.3, 0.4) is 0 Å².